The van der Waals surface area contributed by atoms with Crippen molar-refractivity contribution in [1.82, 2.24) is 0 Å². The van der Waals surface area contributed by atoms with Crippen LogP contribution in [0.1, 0.15) is 19.8 Å². The second kappa shape index (κ2) is 5.90. The highest BCUT2D eigenvalue weighted by Gasteiger charge is 2.32. The molecule has 2 unspecified atom stereocenters. The van der Waals surface area contributed by atoms with E-state index < -0.39 is 10.0 Å². The molecule has 20 heavy (non-hydrogen) atoms. The minimum absolute atomic E-state index is 0.0231. The molecule has 1 aliphatic heterocycles. The zero-order chi connectivity index (χ0) is 14.8. The number of amides is 1. The standard InChI is InChI=1S/C13H18N2O4S/c1-2-12-11(6-7-19-12)13(16)15-9-4-3-5-10(8-9)20(14,17)18/h3-5,8,11-12H,2,6-7H2,1H3,(H,15,16)(H2,14,17,18). The molecule has 3 N–H and O–H groups in total. The summed E-state index contributed by atoms with van der Waals surface area (Å²) in [5.74, 6) is -0.348. The molecule has 7 heteroatoms. The summed E-state index contributed by atoms with van der Waals surface area (Å²) in [6.07, 6.45) is 1.38. The Balaban J connectivity index is 2.12. The molecule has 1 heterocycles. The first-order valence-electron chi connectivity index (χ1n) is 6.47. The third-order valence-corrected chi connectivity index (χ3v) is 4.29. The number of nitrogens with two attached hydrogens (primary N) is 1. The van der Waals surface area contributed by atoms with Gasteiger partial charge in [-0.1, -0.05) is 13.0 Å². The Bertz CT molecular complexity index is 600. The lowest BCUT2D eigenvalue weighted by atomic mass is 9.98. The maximum Gasteiger partial charge on any atom is 0.238 e. The molecular weight excluding hydrogens is 280 g/mol. The summed E-state index contributed by atoms with van der Waals surface area (Å²) in [4.78, 5) is 12.2. The van der Waals surface area contributed by atoms with Crippen LogP contribution in [-0.4, -0.2) is 27.0 Å². The summed E-state index contributed by atoms with van der Waals surface area (Å²) >= 11 is 0. The molecule has 110 valence electrons. The maximum atomic E-state index is 12.2. The van der Waals surface area contributed by atoms with Gasteiger partial charge in [0.1, 0.15) is 0 Å². The second-order valence-corrected chi connectivity index (χ2v) is 6.34. The topological polar surface area (TPSA) is 98.5 Å². The lowest BCUT2D eigenvalue weighted by Crippen LogP contribution is -2.29. The molecule has 1 aliphatic rings. The van der Waals surface area contributed by atoms with E-state index in [1.165, 1.54) is 18.2 Å². The van der Waals surface area contributed by atoms with E-state index in [2.05, 4.69) is 5.32 Å². The van der Waals surface area contributed by atoms with Crippen LogP contribution in [0.5, 0.6) is 0 Å². The average Bonchev–Trinajstić information content (AvgIpc) is 2.86. The van der Waals surface area contributed by atoms with Crippen molar-refractivity contribution in [3.05, 3.63) is 24.3 Å². The fourth-order valence-corrected chi connectivity index (χ4v) is 2.90. The van der Waals surface area contributed by atoms with Crippen LogP contribution in [0.3, 0.4) is 0 Å². The van der Waals surface area contributed by atoms with Crippen LogP contribution in [0.4, 0.5) is 5.69 Å². The van der Waals surface area contributed by atoms with E-state index in [-0.39, 0.29) is 22.8 Å². The van der Waals surface area contributed by atoms with Crippen LogP contribution in [0.15, 0.2) is 29.2 Å². The number of benzene rings is 1. The van der Waals surface area contributed by atoms with Gasteiger partial charge in [-0.15, -0.1) is 0 Å². The van der Waals surface area contributed by atoms with Gasteiger partial charge in [0.15, 0.2) is 0 Å². The van der Waals surface area contributed by atoms with E-state index >= 15 is 0 Å². The number of sulfonamides is 1. The molecule has 1 amide bonds. The molecule has 0 radical (unpaired) electrons. The fraction of sp³-hybridized carbons (Fsp3) is 0.462. The second-order valence-electron chi connectivity index (χ2n) is 4.77. The molecule has 0 aromatic heterocycles. The highest BCUT2D eigenvalue weighted by molar-refractivity contribution is 7.89. The van der Waals surface area contributed by atoms with E-state index in [0.717, 1.165) is 6.42 Å². The number of anilines is 1. The van der Waals surface area contributed by atoms with Gasteiger partial charge in [-0.2, -0.15) is 0 Å². The lowest BCUT2D eigenvalue weighted by Gasteiger charge is -2.16. The molecule has 0 spiro atoms. The van der Waals surface area contributed by atoms with Crippen LogP contribution in [0.25, 0.3) is 0 Å². The van der Waals surface area contributed by atoms with Crippen molar-refractivity contribution in [2.45, 2.75) is 30.8 Å². The summed E-state index contributed by atoms with van der Waals surface area (Å²) in [6, 6.07) is 5.91. The van der Waals surface area contributed by atoms with E-state index in [4.69, 9.17) is 9.88 Å². The van der Waals surface area contributed by atoms with Crippen molar-refractivity contribution in [1.29, 1.82) is 0 Å². The molecule has 2 rings (SSSR count). The largest absolute Gasteiger partial charge is 0.377 e. The van der Waals surface area contributed by atoms with Gasteiger partial charge in [0.25, 0.3) is 0 Å². The summed E-state index contributed by atoms with van der Waals surface area (Å²) in [5.41, 5.74) is 0.420. The van der Waals surface area contributed by atoms with Crippen molar-refractivity contribution in [2.75, 3.05) is 11.9 Å². The fourth-order valence-electron chi connectivity index (χ4n) is 2.34. The van der Waals surface area contributed by atoms with Gasteiger partial charge in [-0.3, -0.25) is 4.79 Å². The lowest BCUT2D eigenvalue weighted by molar-refractivity contribution is -0.121. The number of carbonyl (C=O) groups excluding carboxylic acids is 1. The van der Waals surface area contributed by atoms with E-state index in [9.17, 15) is 13.2 Å². The molecule has 1 saturated heterocycles. The molecule has 1 aromatic rings. The van der Waals surface area contributed by atoms with Gasteiger partial charge in [-0.05, 0) is 31.0 Å². The molecular formula is C13H18N2O4S. The molecule has 0 aliphatic carbocycles. The third kappa shape index (κ3) is 3.36. The van der Waals surface area contributed by atoms with Gasteiger partial charge < -0.3 is 10.1 Å². The Morgan fingerprint density at radius 3 is 2.90 bits per heavy atom. The highest BCUT2D eigenvalue weighted by atomic mass is 32.2. The Hall–Kier alpha value is -1.44. The first-order chi connectivity index (χ1) is 9.41. The number of carbonyl (C=O) groups is 1. The summed E-state index contributed by atoms with van der Waals surface area (Å²) in [7, 11) is -3.77. The normalized spacial score (nSPS) is 22.7. The molecule has 6 nitrogen and oxygen atoms in total. The number of rotatable bonds is 4. The highest BCUT2D eigenvalue weighted by Crippen LogP contribution is 2.25. The van der Waals surface area contributed by atoms with Crippen molar-refractivity contribution in [2.24, 2.45) is 11.1 Å². The molecule has 1 aromatic carbocycles. The smallest absolute Gasteiger partial charge is 0.238 e. The zero-order valence-electron chi connectivity index (χ0n) is 11.2. The predicted molar refractivity (Wildman–Crippen MR) is 74.6 cm³/mol. The monoisotopic (exact) mass is 298 g/mol. The van der Waals surface area contributed by atoms with Crippen molar-refractivity contribution >= 4 is 21.6 Å². The van der Waals surface area contributed by atoms with Crippen molar-refractivity contribution in [3.63, 3.8) is 0 Å². The number of ether oxygens (including phenoxy) is 1. The molecule has 2 atom stereocenters. The molecule has 0 bridgehead atoms. The molecule has 1 fully saturated rings. The van der Waals surface area contributed by atoms with Crippen LogP contribution in [0, 0.1) is 5.92 Å². The zero-order valence-corrected chi connectivity index (χ0v) is 12.0. The Morgan fingerprint density at radius 2 is 2.25 bits per heavy atom. The number of primary sulfonamides is 1. The number of hydrogen-bond acceptors (Lipinski definition) is 4. The quantitative estimate of drug-likeness (QED) is 0.869. The summed E-state index contributed by atoms with van der Waals surface area (Å²) in [6.45, 7) is 2.55. The van der Waals surface area contributed by atoms with Crippen molar-refractivity contribution in [3.8, 4) is 0 Å². The molecule has 0 saturated carbocycles. The van der Waals surface area contributed by atoms with E-state index in [0.29, 0.717) is 18.7 Å². The van der Waals surface area contributed by atoms with Crippen molar-refractivity contribution < 1.29 is 17.9 Å². The number of hydrogen-bond donors (Lipinski definition) is 2. The third-order valence-electron chi connectivity index (χ3n) is 3.38. The van der Waals surface area contributed by atoms with Gasteiger partial charge in [0.2, 0.25) is 15.9 Å². The van der Waals surface area contributed by atoms with Crippen LogP contribution in [0.2, 0.25) is 0 Å². The van der Waals surface area contributed by atoms with Crippen LogP contribution < -0.4 is 10.5 Å². The van der Waals surface area contributed by atoms with Gasteiger partial charge >= 0.3 is 0 Å². The minimum atomic E-state index is -3.77. The van der Waals surface area contributed by atoms with Gasteiger partial charge in [-0.25, -0.2) is 13.6 Å². The average molecular weight is 298 g/mol. The predicted octanol–water partition coefficient (Wildman–Crippen LogP) is 1.09. The first kappa shape index (κ1) is 15.0. The Kier molecular flexibility index (Phi) is 4.42. The Morgan fingerprint density at radius 1 is 1.50 bits per heavy atom. The summed E-state index contributed by atoms with van der Waals surface area (Å²) < 4.78 is 28.0. The SMILES string of the molecule is CCC1OCCC1C(=O)Nc1cccc(S(N)(=O)=O)c1. The van der Waals surface area contributed by atoms with Crippen LogP contribution >= 0.6 is 0 Å². The van der Waals surface area contributed by atoms with Gasteiger partial charge in [0.05, 0.1) is 16.9 Å². The van der Waals surface area contributed by atoms with E-state index in [1.807, 2.05) is 6.92 Å². The summed E-state index contributed by atoms with van der Waals surface area (Å²) in [5, 5.41) is 7.78. The number of nitrogens with one attached hydrogen (secondary N) is 1. The van der Waals surface area contributed by atoms with Crippen LogP contribution in [-0.2, 0) is 19.6 Å². The first-order valence-corrected chi connectivity index (χ1v) is 8.01. The minimum Gasteiger partial charge on any atom is -0.377 e. The van der Waals surface area contributed by atoms with E-state index in [1.54, 1.807) is 6.07 Å². The maximum absolute atomic E-state index is 12.2. The van der Waals surface area contributed by atoms with Gasteiger partial charge in [0, 0.05) is 12.3 Å². The Labute approximate surface area is 118 Å².